The third kappa shape index (κ3) is 7.07. The summed E-state index contributed by atoms with van der Waals surface area (Å²) in [5.41, 5.74) is 30.6. The zero-order valence-corrected chi connectivity index (χ0v) is 47.8. The van der Waals surface area contributed by atoms with Crippen LogP contribution in [0, 0.1) is 6.92 Å². The molecule has 10 aromatic rings. The molecule has 0 bridgehead atoms. The number of benzene rings is 9. The number of thiophene rings is 1. The minimum atomic E-state index is -0.503. The van der Waals surface area contributed by atoms with Crippen molar-refractivity contribution >= 4 is 67.9 Å². The minimum Gasteiger partial charge on any atom is -0.311 e. The van der Waals surface area contributed by atoms with Crippen molar-refractivity contribution in [3.63, 3.8) is 0 Å². The summed E-state index contributed by atoms with van der Waals surface area (Å²) >= 11 is 2.08. The van der Waals surface area contributed by atoms with Crippen LogP contribution in [0.2, 0.25) is 0 Å². The summed E-state index contributed by atoms with van der Waals surface area (Å²) in [6.45, 7) is 25.5. The Balaban J connectivity index is 1.11. The highest BCUT2D eigenvalue weighted by Gasteiger charge is 2.57. The lowest BCUT2D eigenvalue weighted by molar-refractivity contribution is 0.588. The quantitative estimate of drug-likeness (QED) is 0.153. The predicted molar refractivity (Wildman–Crippen MR) is 336 cm³/mol. The molecular formula is C74H67BN2S. The Hall–Kier alpha value is -7.66. The van der Waals surface area contributed by atoms with E-state index >= 15 is 0 Å². The maximum absolute atomic E-state index is 2.69. The van der Waals surface area contributed by atoms with Crippen LogP contribution in [0.15, 0.2) is 194 Å². The third-order valence-corrected chi connectivity index (χ3v) is 19.2. The van der Waals surface area contributed by atoms with Gasteiger partial charge < -0.3 is 9.80 Å². The highest BCUT2D eigenvalue weighted by Crippen LogP contribution is 2.67. The van der Waals surface area contributed by atoms with Crippen molar-refractivity contribution < 1.29 is 0 Å². The van der Waals surface area contributed by atoms with E-state index in [1.165, 1.54) is 144 Å². The number of hydrogen-bond donors (Lipinski definition) is 0. The Morgan fingerprint density at radius 3 is 1.58 bits per heavy atom. The summed E-state index contributed by atoms with van der Waals surface area (Å²) in [7, 11) is 0. The van der Waals surface area contributed by atoms with E-state index in [4.69, 9.17) is 0 Å². The molecule has 0 saturated heterocycles. The molecule has 0 radical (unpaired) electrons. The third-order valence-electron chi connectivity index (χ3n) is 17.8. The second-order valence-electron chi connectivity index (χ2n) is 25.3. The van der Waals surface area contributed by atoms with Crippen LogP contribution >= 0.6 is 11.3 Å². The number of hydrogen-bond acceptors (Lipinski definition) is 3. The molecule has 0 amide bonds. The molecular weight excluding hydrogens is 960 g/mol. The van der Waals surface area contributed by atoms with Gasteiger partial charge in [-0.25, -0.2) is 0 Å². The molecule has 14 rings (SSSR count). The first-order valence-corrected chi connectivity index (χ1v) is 29.1. The van der Waals surface area contributed by atoms with E-state index in [1.54, 1.807) is 0 Å². The average Bonchev–Trinajstić information content (AvgIpc) is 2.63. The van der Waals surface area contributed by atoms with Crippen LogP contribution in [0.1, 0.15) is 130 Å². The number of anilines is 6. The van der Waals surface area contributed by atoms with Crippen LogP contribution in [0.5, 0.6) is 0 Å². The van der Waals surface area contributed by atoms with E-state index in [0.717, 1.165) is 0 Å². The van der Waals surface area contributed by atoms with E-state index in [-0.39, 0.29) is 17.5 Å². The number of rotatable bonds is 6. The number of aryl methyl sites for hydroxylation is 1. The van der Waals surface area contributed by atoms with Gasteiger partial charge in [-0.3, -0.25) is 0 Å². The molecule has 1 aromatic heterocycles. The van der Waals surface area contributed by atoms with Crippen molar-refractivity contribution in [2.75, 3.05) is 9.80 Å². The molecule has 0 saturated carbocycles. The molecule has 9 aromatic carbocycles. The van der Waals surface area contributed by atoms with E-state index < -0.39 is 5.41 Å². The highest BCUT2D eigenvalue weighted by atomic mass is 32.1. The molecule has 382 valence electrons. The monoisotopic (exact) mass is 1030 g/mol. The van der Waals surface area contributed by atoms with Crippen molar-refractivity contribution in [3.05, 3.63) is 244 Å². The van der Waals surface area contributed by atoms with E-state index in [1.807, 2.05) is 0 Å². The van der Waals surface area contributed by atoms with Crippen molar-refractivity contribution in [3.8, 4) is 44.5 Å². The van der Waals surface area contributed by atoms with Gasteiger partial charge in [0.1, 0.15) is 0 Å². The second-order valence-corrected chi connectivity index (χ2v) is 26.4. The molecule has 4 heteroatoms. The molecule has 0 atom stereocenters. The summed E-state index contributed by atoms with van der Waals surface area (Å²) in [6, 6.07) is 75.7. The van der Waals surface area contributed by atoms with Crippen LogP contribution in [0.4, 0.5) is 34.1 Å². The maximum atomic E-state index is 2.69. The fourth-order valence-electron chi connectivity index (χ4n) is 13.7. The van der Waals surface area contributed by atoms with Crippen LogP contribution in [-0.2, 0) is 16.2 Å². The van der Waals surface area contributed by atoms with Crippen molar-refractivity contribution in [2.45, 2.75) is 104 Å². The van der Waals surface area contributed by atoms with Gasteiger partial charge in [-0.15, -0.1) is 11.3 Å². The van der Waals surface area contributed by atoms with Gasteiger partial charge in [-0.1, -0.05) is 221 Å². The Morgan fingerprint density at radius 2 is 0.987 bits per heavy atom. The number of fused-ring (bicyclic) bond motifs is 15. The molecule has 2 aliphatic heterocycles. The summed E-state index contributed by atoms with van der Waals surface area (Å²) in [5, 5.41) is 0. The van der Waals surface area contributed by atoms with E-state index in [9.17, 15) is 0 Å². The summed E-state index contributed by atoms with van der Waals surface area (Å²) < 4.78 is 1.40. The van der Waals surface area contributed by atoms with Gasteiger partial charge in [-0.2, -0.15) is 0 Å². The second kappa shape index (κ2) is 17.4. The molecule has 3 heterocycles. The molecule has 0 unspecified atom stereocenters. The standard InChI is InChI=1S/C74H67BN2S/c1-44(2)47-25-32-53(33-26-47)76-64-41-50(59-42-51(72(6,7)8)30-36-55(59)49-19-13-12-14-20-49)29-38-63(64)75-68-65(76)39-46(5)40-66(68)77(54-34-27-48(28-35-54)45(3)4)69-67-58-37-31-52(73(9,10)11)43-62(58)74(70(67)78-71(69)75)60-23-17-15-21-56(60)57-22-16-18-24-61(57)74/h12-45H,1-11H3. The lowest BCUT2D eigenvalue weighted by Crippen LogP contribution is -2.60. The lowest BCUT2D eigenvalue weighted by Gasteiger charge is -2.44. The van der Waals surface area contributed by atoms with Gasteiger partial charge in [0.05, 0.1) is 11.1 Å². The molecule has 78 heavy (non-hydrogen) atoms. The van der Waals surface area contributed by atoms with Crippen molar-refractivity contribution in [1.29, 1.82) is 0 Å². The Kier molecular flexibility index (Phi) is 10.9. The fraction of sp³-hybridized carbons (Fsp3) is 0.216. The predicted octanol–water partition coefficient (Wildman–Crippen LogP) is 18.7. The Bertz CT molecular complexity index is 4020. The lowest BCUT2D eigenvalue weighted by atomic mass is 9.36. The Morgan fingerprint density at radius 1 is 0.449 bits per heavy atom. The van der Waals surface area contributed by atoms with Crippen LogP contribution < -0.4 is 25.5 Å². The normalized spacial score (nSPS) is 14.3. The molecule has 1 spiro atoms. The summed E-state index contributed by atoms with van der Waals surface area (Å²) in [4.78, 5) is 6.73. The fourth-order valence-corrected chi connectivity index (χ4v) is 15.4. The molecule has 4 aliphatic rings. The van der Waals surface area contributed by atoms with Gasteiger partial charge >= 0.3 is 0 Å². The van der Waals surface area contributed by atoms with Crippen LogP contribution in [0.25, 0.3) is 44.5 Å². The van der Waals surface area contributed by atoms with Crippen molar-refractivity contribution in [1.82, 2.24) is 0 Å². The first-order valence-electron chi connectivity index (χ1n) is 28.3. The first kappa shape index (κ1) is 48.7. The topological polar surface area (TPSA) is 6.48 Å². The zero-order chi connectivity index (χ0) is 53.7. The minimum absolute atomic E-state index is 0.0288. The van der Waals surface area contributed by atoms with Gasteiger partial charge in [0.2, 0.25) is 0 Å². The van der Waals surface area contributed by atoms with Gasteiger partial charge in [0, 0.05) is 43.7 Å². The van der Waals surface area contributed by atoms with Crippen molar-refractivity contribution in [2.24, 2.45) is 0 Å². The van der Waals surface area contributed by atoms with E-state index in [2.05, 4.69) is 291 Å². The first-order chi connectivity index (χ1) is 37.5. The summed E-state index contributed by atoms with van der Waals surface area (Å²) in [5.74, 6) is 0.837. The molecule has 0 fully saturated rings. The molecule has 0 N–H and O–H groups in total. The maximum Gasteiger partial charge on any atom is 0.264 e. The van der Waals surface area contributed by atoms with Gasteiger partial charge in [0.15, 0.2) is 0 Å². The smallest absolute Gasteiger partial charge is 0.264 e. The highest BCUT2D eigenvalue weighted by molar-refractivity contribution is 7.30. The van der Waals surface area contributed by atoms with E-state index in [0.29, 0.717) is 11.8 Å². The largest absolute Gasteiger partial charge is 0.311 e. The van der Waals surface area contributed by atoms with Crippen LogP contribution in [-0.4, -0.2) is 6.71 Å². The Labute approximate surface area is 467 Å². The molecule has 2 aliphatic carbocycles. The number of nitrogens with zero attached hydrogens (tertiary/aromatic N) is 2. The van der Waals surface area contributed by atoms with Crippen LogP contribution in [0.3, 0.4) is 0 Å². The van der Waals surface area contributed by atoms with Gasteiger partial charge in [-0.05, 0) is 166 Å². The average molecular weight is 1030 g/mol. The summed E-state index contributed by atoms with van der Waals surface area (Å²) in [6.07, 6.45) is 0. The van der Waals surface area contributed by atoms with Gasteiger partial charge in [0.25, 0.3) is 6.71 Å². The zero-order valence-electron chi connectivity index (χ0n) is 47.0. The molecule has 2 nitrogen and oxygen atoms in total. The SMILES string of the molecule is Cc1cc2c3c(c1)N(c1ccc(C(C)C)cc1)c1c(sc4c1-c1ccc(C(C)(C)C)cc1C41c4ccccc4-c4ccccc41)B3c1ccc(-c3cc(C(C)(C)C)ccc3-c3ccccc3)cc1N2c1ccc(C(C)C)cc1.